The molecule has 2 aromatic rings. The molecule has 1 saturated carbocycles. The minimum absolute atomic E-state index is 0.0141. The third-order valence-corrected chi connectivity index (χ3v) is 8.92. The third kappa shape index (κ3) is 12.2. The van der Waals surface area contributed by atoms with Gasteiger partial charge in [0.05, 0.1) is 0 Å². The van der Waals surface area contributed by atoms with Gasteiger partial charge in [0.15, 0.2) is 0 Å². The lowest BCUT2D eigenvalue weighted by atomic mass is 9.81. The van der Waals surface area contributed by atoms with Crippen LogP contribution < -0.4 is 32.3 Å². The Morgan fingerprint density at radius 3 is 2.00 bits per heavy atom. The van der Waals surface area contributed by atoms with Crippen molar-refractivity contribution in [3.05, 3.63) is 42.0 Å². The third-order valence-electron chi connectivity index (χ3n) is 8.92. The number of nitrogens with one attached hydrogen (secondary N) is 5. The van der Waals surface area contributed by atoms with E-state index in [0.717, 1.165) is 34.9 Å². The molecule has 10 N–H and O–H groups in total. The Morgan fingerprint density at radius 1 is 0.816 bits per heavy atom. The zero-order valence-electron chi connectivity index (χ0n) is 27.7. The lowest BCUT2D eigenvalue weighted by Gasteiger charge is -2.28. The lowest BCUT2D eigenvalue weighted by Crippen LogP contribution is -2.51. The maximum absolute atomic E-state index is 13.5. The van der Waals surface area contributed by atoms with Crippen LogP contribution in [0.25, 0.3) is 10.8 Å². The van der Waals surface area contributed by atoms with Gasteiger partial charge in [0.25, 0.3) is 0 Å². The van der Waals surface area contributed by atoms with E-state index in [1.165, 1.54) is 0 Å². The Bertz CT molecular complexity index is 1480. The largest absolute Gasteiger partial charge is 0.481 e. The van der Waals surface area contributed by atoms with E-state index in [4.69, 9.17) is 10.8 Å². The van der Waals surface area contributed by atoms with Crippen molar-refractivity contribution in [3.63, 3.8) is 0 Å². The normalized spacial score (nSPS) is 17.6. The van der Waals surface area contributed by atoms with Crippen molar-refractivity contribution in [1.82, 2.24) is 21.3 Å². The number of benzene rings is 2. The average Bonchev–Trinajstić information content (AvgIpc) is 3.08. The van der Waals surface area contributed by atoms with Gasteiger partial charge in [-0.25, -0.2) is 14.4 Å². The van der Waals surface area contributed by atoms with Gasteiger partial charge in [-0.05, 0) is 92.3 Å². The van der Waals surface area contributed by atoms with Gasteiger partial charge in [-0.2, -0.15) is 0 Å². The molecule has 0 aromatic heterocycles. The number of anilines is 1. The molecule has 1 fully saturated rings. The molecule has 268 valence electrons. The zero-order chi connectivity index (χ0) is 35.9. The fourth-order valence-corrected chi connectivity index (χ4v) is 6.02. The maximum Gasteiger partial charge on any atom is 0.326 e. The van der Waals surface area contributed by atoms with E-state index >= 15 is 0 Å². The molecule has 0 bridgehead atoms. The summed E-state index contributed by atoms with van der Waals surface area (Å²) in [7, 11) is 1.80. The summed E-state index contributed by atoms with van der Waals surface area (Å²) < 4.78 is 0. The second kappa shape index (κ2) is 19.2. The molecule has 0 unspecified atom stereocenters. The summed E-state index contributed by atoms with van der Waals surface area (Å²) in [5.74, 6) is -4.39. The molecule has 3 rings (SSSR count). The molecular weight excluding hydrogens is 636 g/mol. The summed E-state index contributed by atoms with van der Waals surface area (Å²) in [4.78, 5) is 73.0. The number of hydrogen-bond donors (Lipinski definition) is 9. The number of fused-ring (bicyclic) bond motifs is 1. The fourth-order valence-electron chi connectivity index (χ4n) is 6.02. The highest BCUT2D eigenvalue weighted by Gasteiger charge is 2.30. The van der Waals surface area contributed by atoms with Crippen molar-refractivity contribution >= 4 is 52.2 Å². The number of carbonyl (C=O) groups is 6. The first-order chi connectivity index (χ1) is 23.4. The number of carboxylic acids is 3. The molecule has 0 spiro atoms. The van der Waals surface area contributed by atoms with Crippen LogP contribution in [-0.2, 0) is 30.4 Å². The summed E-state index contributed by atoms with van der Waals surface area (Å²) >= 11 is 0. The van der Waals surface area contributed by atoms with Crippen LogP contribution in [0.5, 0.6) is 0 Å². The van der Waals surface area contributed by atoms with Crippen LogP contribution in [0.15, 0.2) is 36.4 Å². The van der Waals surface area contributed by atoms with Crippen molar-refractivity contribution in [2.45, 2.75) is 82.3 Å². The number of carboxylic acid groups (broad SMARTS) is 3. The Morgan fingerprint density at radius 2 is 1.43 bits per heavy atom. The molecule has 0 saturated heterocycles. The minimum atomic E-state index is -1.51. The van der Waals surface area contributed by atoms with Crippen molar-refractivity contribution in [1.29, 1.82) is 0 Å². The second-order valence-corrected chi connectivity index (χ2v) is 12.4. The number of hydrogen-bond acceptors (Lipinski definition) is 8. The lowest BCUT2D eigenvalue weighted by molar-refractivity contribution is -0.141. The topological polar surface area (TPSA) is 249 Å². The van der Waals surface area contributed by atoms with E-state index in [9.17, 15) is 39.0 Å². The van der Waals surface area contributed by atoms with E-state index in [0.29, 0.717) is 31.7 Å². The highest BCUT2D eigenvalue weighted by molar-refractivity contribution is 5.91. The van der Waals surface area contributed by atoms with Crippen LogP contribution in [0.4, 0.5) is 10.5 Å². The monoisotopic (exact) mass is 684 g/mol. The van der Waals surface area contributed by atoms with Gasteiger partial charge in [0.1, 0.15) is 18.1 Å². The zero-order valence-corrected chi connectivity index (χ0v) is 27.7. The van der Waals surface area contributed by atoms with Crippen LogP contribution in [0.2, 0.25) is 0 Å². The van der Waals surface area contributed by atoms with Crippen molar-refractivity contribution < 1.29 is 44.1 Å². The van der Waals surface area contributed by atoms with Crippen molar-refractivity contribution in [2.24, 2.45) is 17.6 Å². The quantitative estimate of drug-likeness (QED) is 0.0969. The molecular formula is C34H48N6O9. The smallest absolute Gasteiger partial charge is 0.326 e. The molecule has 15 nitrogen and oxygen atoms in total. The standard InChI is InChI=1S/C34H48N6O9/c1-36-27-17-23-7-3-2-6-22(23)16-24(27)18-28(38-30(43)21-11-9-20(19-35)10-12-21)31(44)37-15-5-4-8-25(32(45)46)39-34(49)40-26(33(47)48)13-14-29(41)42/h2-3,6-7,16-17,20-21,25-26,28,36H,4-5,8-15,18-19,35H2,1H3,(H,37,44)(H,38,43)(H,41,42)(H,45,46)(H,47,48)(H2,39,40,49)/t20?,21?,25-,26-,28+/m0/s1. The SMILES string of the molecule is CNc1cc2ccccc2cc1C[C@@H](NC(=O)C1CCC(CN)CC1)C(=O)NCCCC[C@H](NC(=O)N[C@@H](CCC(=O)O)C(=O)O)C(=O)O. The Kier molecular flexibility index (Phi) is 15.1. The Labute approximate surface area is 284 Å². The van der Waals surface area contributed by atoms with Gasteiger partial charge in [-0.15, -0.1) is 0 Å². The summed E-state index contributed by atoms with van der Waals surface area (Å²) in [5, 5.41) is 42.9. The molecule has 1 aliphatic carbocycles. The Hall–Kier alpha value is -4.92. The molecule has 0 aliphatic heterocycles. The molecule has 1 aliphatic rings. The number of amides is 4. The predicted octanol–water partition coefficient (Wildman–Crippen LogP) is 2.03. The molecule has 49 heavy (non-hydrogen) atoms. The van der Waals surface area contributed by atoms with E-state index in [-0.39, 0.29) is 50.0 Å². The van der Waals surface area contributed by atoms with Crippen LogP contribution >= 0.6 is 0 Å². The van der Waals surface area contributed by atoms with Gasteiger partial charge >= 0.3 is 23.9 Å². The molecule has 0 heterocycles. The average molecular weight is 685 g/mol. The summed E-state index contributed by atoms with van der Waals surface area (Å²) in [5.41, 5.74) is 7.51. The van der Waals surface area contributed by atoms with Crippen LogP contribution in [-0.4, -0.2) is 89.3 Å². The molecule has 0 radical (unpaired) electrons. The summed E-state index contributed by atoms with van der Waals surface area (Å²) in [6, 6.07) is 7.08. The van der Waals surface area contributed by atoms with E-state index < -0.39 is 48.5 Å². The van der Waals surface area contributed by atoms with Gasteiger partial charge in [-0.3, -0.25) is 14.4 Å². The van der Waals surface area contributed by atoms with E-state index in [1.54, 1.807) is 7.05 Å². The number of urea groups is 1. The van der Waals surface area contributed by atoms with E-state index in [2.05, 4.69) is 26.6 Å². The predicted molar refractivity (Wildman–Crippen MR) is 182 cm³/mol. The summed E-state index contributed by atoms with van der Waals surface area (Å²) in [6.45, 7) is 0.766. The molecule has 4 amide bonds. The Balaban J connectivity index is 1.60. The number of aliphatic carboxylic acids is 3. The first kappa shape index (κ1) is 38.5. The minimum Gasteiger partial charge on any atom is -0.481 e. The van der Waals surface area contributed by atoms with Crippen LogP contribution in [0.1, 0.15) is 63.4 Å². The van der Waals surface area contributed by atoms with Crippen LogP contribution in [0.3, 0.4) is 0 Å². The van der Waals surface area contributed by atoms with Gasteiger partial charge in [0.2, 0.25) is 11.8 Å². The number of unbranched alkanes of at least 4 members (excludes halogenated alkanes) is 1. The highest BCUT2D eigenvalue weighted by atomic mass is 16.4. The van der Waals surface area contributed by atoms with Gasteiger partial charge in [0, 0.05) is 38.0 Å². The van der Waals surface area contributed by atoms with Gasteiger partial charge in [-0.1, -0.05) is 24.3 Å². The fraction of sp³-hybridized carbons (Fsp3) is 0.529. The first-order valence-corrected chi connectivity index (χ1v) is 16.6. The second-order valence-electron chi connectivity index (χ2n) is 12.4. The summed E-state index contributed by atoms with van der Waals surface area (Å²) in [6.07, 6.45) is 3.13. The number of nitrogens with two attached hydrogens (primary N) is 1. The van der Waals surface area contributed by atoms with Crippen LogP contribution in [0, 0.1) is 11.8 Å². The highest BCUT2D eigenvalue weighted by Crippen LogP contribution is 2.29. The van der Waals surface area contributed by atoms with Crippen molar-refractivity contribution in [2.75, 3.05) is 25.5 Å². The molecule has 15 heteroatoms. The first-order valence-electron chi connectivity index (χ1n) is 16.6. The number of rotatable bonds is 19. The van der Waals surface area contributed by atoms with Crippen molar-refractivity contribution in [3.8, 4) is 0 Å². The van der Waals surface area contributed by atoms with E-state index in [1.807, 2.05) is 36.4 Å². The molecule has 3 atom stereocenters. The van der Waals surface area contributed by atoms with Gasteiger partial charge < -0.3 is 47.6 Å². The maximum atomic E-state index is 13.5. The molecule has 2 aromatic carbocycles. The number of carbonyl (C=O) groups excluding carboxylic acids is 3.